The summed E-state index contributed by atoms with van der Waals surface area (Å²) >= 11 is 0. The predicted octanol–water partition coefficient (Wildman–Crippen LogP) is 2.72. The van der Waals surface area contributed by atoms with Crippen molar-refractivity contribution in [3.63, 3.8) is 0 Å². The standard InChI is InChI=1S/C12H11FN2O/c1-9-6-7-15(12(16)14(9)2)11-5-3-4-10(13)8-11/h3-8H,1H2,2H3. The van der Waals surface area contributed by atoms with Gasteiger partial charge in [0.2, 0.25) is 0 Å². The molecule has 1 heterocycles. The molecule has 1 aromatic rings. The first-order valence-electron chi connectivity index (χ1n) is 4.79. The minimum absolute atomic E-state index is 0.252. The van der Waals surface area contributed by atoms with Gasteiger partial charge in [-0.05, 0) is 24.3 Å². The second-order valence-electron chi connectivity index (χ2n) is 3.50. The summed E-state index contributed by atoms with van der Waals surface area (Å²) in [5.74, 6) is -0.370. The lowest BCUT2D eigenvalue weighted by Gasteiger charge is -2.29. The molecule has 0 unspecified atom stereocenters. The van der Waals surface area contributed by atoms with E-state index in [2.05, 4.69) is 6.58 Å². The second kappa shape index (κ2) is 3.81. The SMILES string of the molecule is C=C1C=CN(c2cccc(F)c2)C(=O)N1C. The van der Waals surface area contributed by atoms with Crippen LogP contribution < -0.4 is 4.90 Å². The minimum Gasteiger partial charge on any atom is -0.297 e. The van der Waals surface area contributed by atoms with Crippen molar-refractivity contribution in [1.82, 2.24) is 4.90 Å². The molecule has 0 fully saturated rings. The molecule has 1 aromatic carbocycles. The molecule has 16 heavy (non-hydrogen) atoms. The molecular weight excluding hydrogens is 207 g/mol. The first-order valence-corrected chi connectivity index (χ1v) is 4.79. The van der Waals surface area contributed by atoms with Crippen molar-refractivity contribution in [3.8, 4) is 0 Å². The quantitative estimate of drug-likeness (QED) is 0.711. The molecule has 2 amide bonds. The van der Waals surface area contributed by atoms with Gasteiger partial charge in [0, 0.05) is 18.9 Å². The van der Waals surface area contributed by atoms with Crippen LogP contribution in [0.3, 0.4) is 0 Å². The molecular formula is C12H11FN2O. The number of hydrogen-bond donors (Lipinski definition) is 0. The molecule has 2 rings (SSSR count). The molecule has 4 heteroatoms. The Balaban J connectivity index is 2.39. The maximum Gasteiger partial charge on any atom is 0.332 e. The van der Waals surface area contributed by atoms with Crippen molar-refractivity contribution in [2.24, 2.45) is 0 Å². The van der Waals surface area contributed by atoms with E-state index in [0.29, 0.717) is 11.4 Å². The lowest BCUT2D eigenvalue weighted by Crippen LogP contribution is -2.40. The fourth-order valence-electron chi connectivity index (χ4n) is 1.44. The van der Waals surface area contributed by atoms with Gasteiger partial charge in [0.05, 0.1) is 5.69 Å². The summed E-state index contributed by atoms with van der Waals surface area (Å²) < 4.78 is 13.0. The van der Waals surface area contributed by atoms with E-state index in [1.165, 1.54) is 21.9 Å². The Bertz CT molecular complexity index is 482. The number of urea groups is 1. The summed E-state index contributed by atoms with van der Waals surface area (Å²) in [5.41, 5.74) is 1.11. The number of benzene rings is 1. The summed E-state index contributed by atoms with van der Waals surface area (Å²) in [5, 5.41) is 0. The van der Waals surface area contributed by atoms with Crippen LogP contribution in [-0.2, 0) is 0 Å². The van der Waals surface area contributed by atoms with Crippen molar-refractivity contribution in [1.29, 1.82) is 0 Å². The van der Waals surface area contributed by atoms with Crippen molar-refractivity contribution in [2.75, 3.05) is 11.9 Å². The van der Waals surface area contributed by atoms with Crippen molar-refractivity contribution in [2.45, 2.75) is 0 Å². The van der Waals surface area contributed by atoms with Crippen LogP contribution in [0.5, 0.6) is 0 Å². The molecule has 0 atom stereocenters. The van der Waals surface area contributed by atoms with Crippen LogP contribution in [0.15, 0.2) is 48.8 Å². The topological polar surface area (TPSA) is 23.6 Å². The Morgan fingerprint density at radius 2 is 2.12 bits per heavy atom. The van der Waals surface area contributed by atoms with Crippen LogP contribution in [0.1, 0.15) is 0 Å². The lowest BCUT2D eigenvalue weighted by atomic mass is 10.2. The normalized spacial score (nSPS) is 15.9. The number of halogens is 1. The first kappa shape index (κ1) is 10.4. The van der Waals surface area contributed by atoms with E-state index in [-0.39, 0.29) is 11.8 Å². The monoisotopic (exact) mass is 218 g/mol. The third-order valence-electron chi connectivity index (χ3n) is 2.43. The van der Waals surface area contributed by atoms with Gasteiger partial charge in [-0.3, -0.25) is 9.80 Å². The molecule has 82 valence electrons. The number of allylic oxidation sites excluding steroid dienone is 1. The number of carbonyl (C=O) groups excluding carboxylic acids is 1. The zero-order chi connectivity index (χ0) is 11.7. The number of carbonyl (C=O) groups is 1. The van der Waals surface area contributed by atoms with Gasteiger partial charge >= 0.3 is 6.03 Å². The number of anilines is 1. The number of amides is 2. The summed E-state index contributed by atoms with van der Waals surface area (Å²) in [6.45, 7) is 3.71. The summed E-state index contributed by atoms with van der Waals surface area (Å²) in [7, 11) is 1.63. The van der Waals surface area contributed by atoms with Gasteiger partial charge in [-0.2, -0.15) is 0 Å². The highest BCUT2D eigenvalue weighted by molar-refractivity contribution is 5.96. The van der Waals surface area contributed by atoms with Gasteiger partial charge in [-0.25, -0.2) is 9.18 Å². The third-order valence-corrected chi connectivity index (χ3v) is 2.43. The number of nitrogens with zero attached hydrogens (tertiary/aromatic N) is 2. The average Bonchev–Trinajstić information content (AvgIpc) is 2.26. The maximum atomic E-state index is 13.0. The molecule has 0 bridgehead atoms. The Morgan fingerprint density at radius 3 is 2.81 bits per heavy atom. The molecule has 3 nitrogen and oxygen atoms in total. The summed E-state index contributed by atoms with van der Waals surface area (Å²) in [6, 6.07) is 5.63. The first-order chi connectivity index (χ1) is 7.59. The van der Waals surface area contributed by atoms with Gasteiger partial charge in [-0.1, -0.05) is 12.6 Å². The predicted molar refractivity (Wildman–Crippen MR) is 60.3 cm³/mol. The second-order valence-corrected chi connectivity index (χ2v) is 3.50. The molecule has 0 spiro atoms. The molecule has 1 aliphatic rings. The minimum atomic E-state index is -0.370. The molecule has 0 N–H and O–H groups in total. The Kier molecular flexibility index (Phi) is 2.48. The molecule has 0 saturated carbocycles. The van der Waals surface area contributed by atoms with E-state index >= 15 is 0 Å². The van der Waals surface area contributed by atoms with Gasteiger partial charge in [0.25, 0.3) is 0 Å². The maximum absolute atomic E-state index is 13.0. The van der Waals surface area contributed by atoms with Crippen LogP contribution >= 0.6 is 0 Å². The fraction of sp³-hybridized carbons (Fsp3) is 0.0833. The third kappa shape index (κ3) is 1.69. The van der Waals surface area contributed by atoms with E-state index in [1.54, 1.807) is 31.5 Å². The van der Waals surface area contributed by atoms with Crippen molar-refractivity contribution in [3.05, 3.63) is 54.6 Å². The summed E-state index contributed by atoms with van der Waals surface area (Å²) in [4.78, 5) is 14.6. The van der Waals surface area contributed by atoms with Crippen LogP contribution in [-0.4, -0.2) is 18.0 Å². The zero-order valence-electron chi connectivity index (χ0n) is 8.85. The number of rotatable bonds is 1. The van der Waals surface area contributed by atoms with E-state index in [0.717, 1.165) is 0 Å². The van der Waals surface area contributed by atoms with Crippen LogP contribution in [0.2, 0.25) is 0 Å². The van der Waals surface area contributed by atoms with E-state index < -0.39 is 0 Å². The highest BCUT2D eigenvalue weighted by Crippen LogP contribution is 2.22. The van der Waals surface area contributed by atoms with Gasteiger partial charge < -0.3 is 0 Å². The highest BCUT2D eigenvalue weighted by atomic mass is 19.1. The average molecular weight is 218 g/mol. The van der Waals surface area contributed by atoms with Crippen LogP contribution in [0.25, 0.3) is 0 Å². The van der Waals surface area contributed by atoms with Crippen LogP contribution in [0, 0.1) is 5.82 Å². The Labute approximate surface area is 93.1 Å². The summed E-state index contributed by atoms with van der Waals surface area (Å²) in [6.07, 6.45) is 3.28. The Morgan fingerprint density at radius 1 is 1.38 bits per heavy atom. The van der Waals surface area contributed by atoms with Gasteiger partial charge in [-0.15, -0.1) is 0 Å². The molecule has 0 aromatic heterocycles. The fourth-order valence-corrected chi connectivity index (χ4v) is 1.44. The smallest absolute Gasteiger partial charge is 0.297 e. The zero-order valence-corrected chi connectivity index (χ0v) is 8.85. The van der Waals surface area contributed by atoms with E-state index in [9.17, 15) is 9.18 Å². The van der Waals surface area contributed by atoms with Crippen molar-refractivity contribution >= 4 is 11.7 Å². The van der Waals surface area contributed by atoms with Crippen molar-refractivity contribution < 1.29 is 9.18 Å². The largest absolute Gasteiger partial charge is 0.332 e. The lowest BCUT2D eigenvalue weighted by molar-refractivity contribution is 0.227. The molecule has 0 radical (unpaired) electrons. The van der Waals surface area contributed by atoms with E-state index in [4.69, 9.17) is 0 Å². The van der Waals surface area contributed by atoms with Gasteiger partial charge in [0.15, 0.2) is 0 Å². The number of likely N-dealkylation sites (N-methyl/N-ethyl adjacent to an activating group) is 1. The molecule has 1 aliphatic heterocycles. The Hall–Kier alpha value is -2.10. The molecule has 0 aliphatic carbocycles. The number of hydrogen-bond acceptors (Lipinski definition) is 1. The van der Waals surface area contributed by atoms with Crippen LogP contribution in [0.4, 0.5) is 14.9 Å². The molecule has 0 saturated heterocycles. The highest BCUT2D eigenvalue weighted by Gasteiger charge is 2.22. The van der Waals surface area contributed by atoms with E-state index in [1.807, 2.05) is 0 Å². The van der Waals surface area contributed by atoms with Gasteiger partial charge in [0.1, 0.15) is 5.82 Å².